The van der Waals surface area contributed by atoms with Gasteiger partial charge in [-0.05, 0) is 37.0 Å². The number of hydrogen-bond donors (Lipinski definition) is 0. The van der Waals surface area contributed by atoms with Crippen molar-refractivity contribution in [3.63, 3.8) is 0 Å². The maximum atomic E-state index is 13.1. The Bertz CT molecular complexity index is 705. The van der Waals surface area contributed by atoms with E-state index >= 15 is 0 Å². The fraction of sp³-hybridized carbons (Fsp3) is 0.250. The molecule has 0 N–H and O–H groups in total. The molecule has 0 unspecified atom stereocenters. The SMILES string of the molecule is C/C=C\C[C@@]1(Cc2ccccc2)C(=O)N(C)c2ccccc21. The molecule has 2 nitrogen and oxygen atoms in total. The van der Waals surface area contributed by atoms with Gasteiger partial charge in [0, 0.05) is 12.7 Å². The first-order chi connectivity index (χ1) is 10.7. The van der Waals surface area contributed by atoms with Crippen molar-refractivity contribution in [1.82, 2.24) is 0 Å². The molecule has 0 bridgehead atoms. The highest BCUT2D eigenvalue weighted by Gasteiger charge is 2.48. The van der Waals surface area contributed by atoms with Crippen LogP contribution < -0.4 is 4.90 Å². The van der Waals surface area contributed by atoms with Gasteiger partial charge in [-0.2, -0.15) is 0 Å². The molecule has 1 amide bonds. The monoisotopic (exact) mass is 291 g/mol. The Morgan fingerprint density at radius 2 is 1.73 bits per heavy atom. The summed E-state index contributed by atoms with van der Waals surface area (Å²) in [5.74, 6) is 0.190. The smallest absolute Gasteiger partial charge is 0.238 e. The molecule has 3 rings (SSSR count). The van der Waals surface area contributed by atoms with Crippen LogP contribution in [0.25, 0.3) is 0 Å². The van der Waals surface area contributed by atoms with E-state index in [0.717, 1.165) is 24.1 Å². The second kappa shape index (κ2) is 5.80. The van der Waals surface area contributed by atoms with Crippen molar-refractivity contribution in [3.05, 3.63) is 77.9 Å². The lowest BCUT2D eigenvalue weighted by Crippen LogP contribution is -2.40. The fourth-order valence-electron chi connectivity index (χ4n) is 3.42. The summed E-state index contributed by atoms with van der Waals surface area (Å²) in [4.78, 5) is 14.9. The highest BCUT2D eigenvalue weighted by molar-refractivity contribution is 6.08. The lowest BCUT2D eigenvalue weighted by molar-refractivity contribution is -0.122. The van der Waals surface area contributed by atoms with Crippen LogP contribution in [0.3, 0.4) is 0 Å². The summed E-state index contributed by atoms with van der Waals surface area (Å²) in [5, 5.41) is 0. The molecule has 2 aromatic rings. The fourth-order valence-corrected chi connectivity index (χ4v) is 3.42. The topological polar surface area (TPSA) is 20.3 Å². The summed E-state index contributed by atoms with van der Waals surface area (Å²) in [6, 6.07) is 18.5. The Morgan fingerprint density at radius 1 is 1.05 bits per heavy atom. The van der Waals surface area contributed by atoms with Gasteiger partial charge in [0.15, 0.2) is 0 Å². The van der Waals surface area contributed by atoms with Crippen molar-refractivity contribution in [2.75, 3.05) is 11.9 Å². The van der Waals surface area contributed by atoms with Crippen LogP contribution in [0.2, 0.25) is 0 Å². The molecule has 2 heteroatoms. The van der Waals surface area contributed by atoms with Gasteiger partial charge in [-0.1, -0.05) is 60.7 Å². The third kappa shape index (κ3) is 2.25. The number of hydrogen-bond acceptors (Lipinski definition) is 1. The molecule has 1 aliphatic rings. The zero-order valence-corrected chi connectivity index (χ0v) is 13.1. The Labute approximate surface area is 132 Å². The first kappa shape index (κ1) is 14.6. The molecule has 1 heterocycles. The number of carbonyl (C=O) groups excluding carboxylic acids is 1. The van der Waals surface area contributed by atoms with Crippen molar-refractivity contribution in [2.24, 2.45) is 0 Å². The van der Waals surface area contributed by atoms with Crippen LogP contribution in [0.1, 0.15) is 24.5 Å². The Balaban J connectivity index is 2.12. The third-order valence-corrected chi connectivity index (χ3v) is 4.55. The van der Waals surface area contributed by atoms with Gasteiger partial charge in [-0.15, -0.1) is 0 Å². The number of para-hydroxylation sites is 1. The number of allylic oxidation sites excluding steroid dienone is 2. The van der Waals surface area contributed by atoms with E-state index in [0.29, 0.717) is 0 Å². The molecular weight excluding hydrogens is 270 g/mol. The molecule has 1 atom stereocenters. The second-order valence-corrected chi connectivity index (χ2v) is 5.90. The molecule has 1 aliphatic heterocycles. The normalized spacial score (nSPS) is 20.6. The molecule has 0 spiro atoms. The van der Waals surface area contributed by atoms with Gasteiger partial charge < -0.3 is 4.90 Å². The largest absolute Gasteiger partial charge is 0.314 e. The van der Waals surface area contributed by atoms with E-state index in [1.807, 2.05) is 61.3 Å². The summed E-state index contributed by atoms with van der Waals surface area (Å²) < 4.78 is 0. The van der Waals surface area contributed by atoms with Crippen molar-refractivity contribution in [3.8, 4) is 0 Å². The van der Waals surface area contributed by atoms with E-state index in [1.165, 1.54) is 5.56 Å². The van der Waals surface area contributed by atoms with E-state index < -0.39 is 5.41 Å². The number of likely N-dealkylation sites (N-methyl/N-ethyl adjacent to an activating group) is 1. The minimum atomic E-state index is -0.487. The molecule has 22 heavy (non-hydrogen) atoms. The number of fused-ring (bicyclic) bond motifs is 1. The molecule has 112 valence electrons. The highest BCUT2D eigenvalue weighted by atomic mass is 16.2. The van der Waals surface area contributed by atoms with Crippen LogP contribution in [0.5, 0.6) is 0 Å². The standard InChI is InChI=1S/C20H21NO/c1-3-4-14-20(15-16-10-6-5-7-11-16)17-12-8-9-13-18(17)21(2)19(20)22/h3-13H,14-15H2,1-2H3/b4-3-/t20-/m0/s1. The van der Waals surface area contributed by atoms with Gasteiger partial charge in [-0.3, -0.25) is 4.79 Å². The first-order valence-electron chi connectivity index (χ1n) is 7.72. The van der Waals surface area contributed by atoms with Crippen LogP contribution >= 0.6 is 0 Å². The molecule has 0 radical (unpaired) electrons. The van der Waals surface area contributed by atoms with Gasteiger partial charge >= 0.3 is 0 Å². The summed E-state index contributed by atoms with van der Waals surface area (Å²) in [6.07, 6.45) is 5.61. The number of nitrogens with zero attached hydrogens (tertiary/aromatic N) is 1. The molecule has 0 aliphatic carbocycles. The van der Waals surface area contributed by atoms with Crippen LogP contribution in [0, 0.1) is 0 Å². The van der Waals surface area contributed by atoms with Crippen molar-refractivity contribution in [2.45, 2.75) is 25.2 Å². The van der Waals surface area contributed by atoms with Gasteiger partial charge in [0.05, 0.1) is 5.41 Å². The molecule has 0 saturated carbocycles. The number of anilines is 1. The minimum Gasteiger partial charge on any atom is -0.314 e. The molecule has 0 fully saturated rings. The third-order valence-electron chi connectivity index (χ3n) is 4.55. The predicted molar refractivity (Wildman–Crippen MR) is 91.1 cm³/mol. The number of rotatable bonds is 4. The van der Waals surface area contributed by atoms with E-state index in [9.17, 15) is 4.79 Å². The van der Waals surface area contributed by atoms with Crippen LogP contribution in [-0.2, 0) is 16.6 Å². The zero-order valence-electron chi connectivity index (χ0n) is 13.1. The molecular formula is C20H21NO. The average molecular weight is 291 g/mol. The van der Waals surface area contributed by atoms with E-state index in [2.05, 4.69) is 24.3 Å². The number of carbonyl (C=O) groups is 1. The van der Waals surface area contributed by atoms with Crippen LogP contribution in [-0.4, -0.2) is 13.0 Å². The lowest BCUT2D eigenvalue weighted by Gasteiger charge is -2.27. The first-order valence-corrected chi connectivity index (χ1v) is 7.72. The quantitative estimate of drug-likeness (QED) is 0.776. The maximum absolute atomic E-state index is 13.1. The predicted octanol–water partition coefficient (Wildman–Crippen LogP) is 4.11. The van der Waals surface area contributed by atoms with Crippen molar-refractivity contribution < 1.29 is 4.79 Å². The van der Waals surface area contributed by atoms with Crippen LogP contribution in [0.4, 0.5) is 5.69 Å². The van der Waals surface area contributed by atoms with Gasteiger partial charge in [0.25, 0.3) is 0 Å². The van der Waals surface area contributed by atoms with Crippen molar-refractivity contribution in [1.29, 1.82) is 0 Å². The lowest BCUT2D eigenvalue weighted by atomic mass is 9.74. The van der Waals surface area contributed by atoms with Gasteiger partial charge in [0.1, 0.15) is 0 Å². The highest BCUT2D eigenvalue weighted by Crippen LogP contribution is 2.45. The Hall–Kier alpha value is -2.35. The van der Waals surface area contributed by atoms with E-state index in [4.69, 9.17) is 0 Å². The summed E-state index contributed by atoms with van der Waals surface area (Å²) >= 11 is 0. The van der Waals surface area contributed by atoms with Crippen molar-refractivity contribution >= 4 is 11.6 Å². The second-order valence-electron chi connectivity index (χ2n) is 5.90. The van der Waals surface area contributed by atoms with Gasteiger partial charge in [-0.25, -0.2) is 0 Å². The van der Waals surface area contributed by atoms with E-state index in [1.54, 1.807) is 0 Å². The summed E-state index contributed by atoms with van der Waals surface area (Å²) in [5.41, 5.74) is 2.89. The summed E-state index contributed by atoms with van der Waals surface area (Å²) in [7, 11) is 1.88. The maximum Gasteiger partial charge on any atom is 0.238 e. The number of benzene rings is 2. The number of amides is 1. The zero-order chi connectivity index (χ0) is 15.6. The molecule has 0 aromatic heterocycles. The Morgan fingerprint density at radius 3 is 2.45 bits per heavy atom. The Kier molecular flexibility index (Phi) is 3.84. The minimum absolute atomic E-state index is 0.190. The molecule has 0 saturated heterocycles. The van der Waals surface area contributed by atoms with E-state index in [-0.39, 0.29) is 5.91 Å². The summed E-state index contributed by atoms with van der Waals surface area (Å²) in [6.45, 7) is 2.01. The van der Waals surface area contributed by atoms with Gasteiger partial charge in [0.2, 0.25) is 5.91 Å². The van der Waals surface area contributed by atoms with Crippen LogP contribution in [0.15, 0.2) is 66.7 Å². The average Bonchev–Trinajstić information content (AvgIpc) is 2.77. The molecule has 2 aromatic carbocycles.